The van der Waals surface area contributed by atoms with E-state index in [-0.39, 0.29) is 5.41 Å². The fourth-order valence-electron chi connectivity index (χ4n) is 8.38. The Morgan fingerprint density at radius 3 is 1.71 bits per heavy atom. The summed E-state index contributed by atoms with van der Waals surface area (Å²) in [4.78, 5) is 0. The third-order valence-electron chi connectivity index (χ3n) is 10.7. The standard InChI is InChI=1S/C45H36/c1-45(2)43-20-8-7-15-40(43)41-26-25-32(28-44(41)45)35-17-10-18-37-33(16-9-19-38(35)37)29-21-23-30(24-22-29)42-27-31-11-3-4-12-34(31)36-13-5-6-14-39(36)42/h5-10,13-28H,3-4,11-12H2,1-2H3. The lowest BCUT2D eigenvalue weighted by Gasteiger charge is -2.22. The molecular formula is C45H36. The predicted octanol–water partition coefficient (Wildman–Crippen LogP) is 12.2. The maximum atomic E-state index is 2.48. The highest BCUT2D eigenvalue weighted by Crippen LogP contribution is 2.50. The maximum Gasteiger partial charge on any atom is 0.0159 e. The second kappa shape index (κ2) is 10.0. The van der Waals surface area contributed by atoms with Crippen molar-refractivity contribution in [1.82, 2.24) is 0 Å². The average molecular weight is 577 g/mol. The molecule has 0 aliphatic heterocycles. The second-order valence-corrected chi connectivity index (χ2v) is 13.5. The summed E-state index contributed by atoms with van der Waals surface area (Å²) in [5, 5.41) is 5.41. The monoisotopic (exact) mass is 576 g/mol. The van der Waals surface area contributed by atoms with Crippen LogP contribution in [0.1, 0.15) is 48.9 Å². The van der Waals surface area contributed by atoms with Gasteiger partial charge in [-0.25, -0.2) is 0 Å². The Labute approximate surface area is 266 Å². The molecule has 0 aromatic heterocycles. The van der Waals surface area contributed by atoms with Crippen LogP contribution in [-0.2, 0) is 18.3 Å². The zero-order valence-corrected chi connectivity index (χ0v) is 26.0. The van der Waals surface area contributed by atoms with Gasteiger partial charge in [-0.3, -0.25) is 0 Å². The first-order valence-corrected chi connectivity index (χ1v) is 16.5. The van der Waals surface area contributed by atoms with Gasteiger partial charge in [-0.15, -0.1) is 0 Å². The molecule has 0 spiro atoms. The van der Waals surface area contributed by atoms with E-state index in [0.717, 1.165) is 0 Å². The Morgan fingerprint density at radius 2 is 0.933 bits per heavy atom. The molecule has 0 atom stereocenters. The molecule has 0 unspecified atom stereocenters. The second-order valence-electron chi connectivity index (χ2n) is 13.5. The highest BCUT2D eigenvalue weighted by atomic mass is 14.4. The van der Waals surface area contributed by atoms with Gasteiger partial charge >= 0.3 is 0 Å². The normalized spacial score (nSPS) is 14.7. The first kappa shape index (κ1) is 26.5. The largest absolute Gasteiger partial charge is 0.0619 e. The molecule has 0 bridgehead atoms. The molecule has 0 heterocycles. The number of fused-ring (bicyclic) bond motifs is 7. The molecule has 9 rings (SSSR count). The van der Waals surface area contributed by atoms with E-state index < -0.39 is 0 Å². The summed E-state index contributed by atoms with van der Waals surface area (Å²) >= 11 is 0. The molecule has 0 saturated heterocycles. The first-order chi connectivity index (χ1) is 22.1. The molecule has 0 radical (unpaired) electrons. The van der Waals surface area contributed by atoms with Gasteiger partial charge in [-0.05, 0) is 120 Å². The van der Waals surface area contributed by atoms with Crippen molar-refractivity contribution < 1.29 is 0 Å². The van der Waals surface area contributed by atoms with Crippen LogP contribution in [0.2, 0.25) is 0 Å². The van der Waals surface area contributed by atoms with Crippen LogP contribution in [0, 0.1) is 0 Å². The Hall–Kier alpha value is -4.94. The summed E-state index contributed by atoms with van der Waals surface area (Å²) < 4.78 is 0. The summed E-state index contributed by atoms with van der Waals surface area (Å²) in [6.07, 6.45) is 4.99. The van der Waals surface area contributed by atoms with Crippen LogP contribution in [0.15, 0.2) is 133 Å². The molecule has 2 aliphatic rings. The molecule has 216 valence electrons. The van der Waals surface area contributed by atoms with E-state index in [1.807, 2.05) is 0 Å². The average Bonchev–Trinajstić information content (AvgIpc) is 3.33. The summed E-state index contributed by atoms with van der Waals surface area (Å²) in [5.41, 5.74) is 16.5. The topological polar surface area (TPSA) is 0 Å². The van der Waals surface area contributed by atoms with Gasteiger partial charge in [-0.1, -0.05) is 141 Å². The van der Waals surface area contributed by atoms with Crippen molar-refractivity contribution in [2.45, 2.75) is 44.9 Å². The number of rotatable bonds is 3. The zero-order valence-electron chi connectivity index (χ0n) is 26.0. The van der Waals surface area contributed by atoms with Crippen LogP contribution in [0.4, 0.5) is 0 Å². The summed E-state index contributed by atoms with van der Waals surface area (Å²) in [6, 6.07) is 50.3. The molecular weight excluding hydrogens is 540 g/mol. The van der Waals surface area contributed by atoms with Crippen molar-refractivity contribution in [2.24, 2.45) is 0 Å². The lowest BCUT2D eigenvalue weighted by atomic mass is 9.81. The Morgan fingerprint density at radius 1 is 0.400 bits per heavy atom. The van der Waals surface area contributed by atoms with E-state index >= 15 is 0 Å². The van der Waals surface area contributed by atoms with Crippen molar-refractivity contribution in [1.29, 1.82) is 0 Å². The molecule has 0 heteroatoms. The molecule has 0 saturated carbocycles. The van der Waals surface area contributed by atoms with E-state index in [2.05, 4.69) is 147 Å². The van der Waals surface area contributed by atoms with Crippen LogP contribution in [-0.4, -0.2) is 0 Å². The van der Waals surface area contributed by atoms with Crippen LogP contribution >= 0.6 is 0 Å². The van der Waals surface area contributed by atoms with Gasteiger partial charge < -0.3 is 0 Å². The summed E-state index contributed by atoms with van der Waals surface area (Å²) in [5.74, 6) is 0. The Bertz CT molecular complexity index is 2280. The molecule has 45 heavy (non-hydrogen) atoms. The fraction of sp³-hybridized carbons (Fsp3) is 0.156. The lowest BCUT2D eigenvalue weighted by molar-refractivity contribution is 0.660. The van der Waals surface area contributed by atoms with E-state index in [1.54, 1.807) is 11.1 Å². The molecule has 0 N–H and O–H groups in total. The van der Waals surface area contributed by atoms with Gasteiger partial charge in [0.15, 0.2) is 0 Å². The van der Waals surface area contributed by atoms with E-state index in [4.69, 9.17) is 0 Å². The van der Waals surface area contributed by atoms with E-state index in [9.17, 15) is 0 Å². The third-order valence-corrected chi connectivity index (χ3v) is 10.7. The van der Waals surface area contributed by atoms with Crippen molar-refractivity contribution >= 4 is 21.5 Å². The highest BCUT2D eigenvalue weighted by molar-refractivity contribution is 6.05. The fourth-order valence-corrected chi connectivity index (χ4v) is 8.38. The molecule has 7 aromatic rings. The minimum atomic E-state index is -0.0111. The number of benzene rings is 7. The van der Waals surface area contributed by atoms with Crippen molar-refractivity contribution in [2.75, 3.05) is 0 Å². The summed E-state index contributed by atoms with van der Waals surface area (Å²) in [6.45, 7) is 4.72. The number of hydrogen-bond donors (Lipinski definition) is 0. The van der Waals surface area contributed by atoms with Gasteiger partial charge in [0.1, 0.15) is 0 Å². The Balaban J connectivity index is 1.13. The van der Waals surface area contributed by atoms with Gasteiger partial charge in [0.2, 0.25) is 0 Å². The molecule has 7 aromatic carbocycles. The van der Waals surface area contributed by atoms with Crippen LogP contribution in [0.3, 0.4) is 0 Å². The Kier molecular flexibility index (Phi) is 5.91. The third kappa shape index (κ3) is 4.05. The molecule has 0 amide bonds. The lowest BCUT2D eigenvalue weighted by Crippen LogP contribution is -2.14. The minimum absolute atomic E-state index is 0.0111. The van der Waals surface area contributed by atoms with Crippen molar-refractivity contribution in [3.05, 3.63) is 156 Å². The van der Waals surface area contributed by atoms with Gasteiger partial charge in [-0.2, -0.15) is 0 Å². The zero-order chi connectivity index (χ0) is 30.1. The number of hydrogen-bond acceptors (Lipinski definition) is 0. The van der Waals surface area contributed by atoms with Crippen LogP contribution < -0.4 is 0 Å². The number of aryl methyl sites for hydroxylation is 2. The first-order valence-electron chi connectivity index (χ1n) is 16.5. The maximum absolute atomic E-state index is 2.48. The van der Waals surface area contributed by atoms with E-state index in [0.29, 0.717) is 0 Å². The van der Waals surface area contributed by atoms with Crippen LogP contribution in [0.25, 0.3) is 66.1 Å². The predicted molar refractivity (Wildman–Crippen MR) is 192 cm³/mol. The summed E-state index contributed by atoms with van der Waals surface area (Å²) in [7, 11) is 0. The van der Waals surface area contributed by atoms with Crippen LogP contribution in [0.5, 0.6) is 0 Å². The van der Waals surface area contributed by atoms with Crippen molar-refractivity contribution in [3.8, 4) is 44.5 Å². The van der Waals surface area contributed by atoms with Gasteiger partial charge in [0.05, 0.1) is 0 Å². The quantitative estimate of drug-likeness (QED) is 0.196. The minimum Gasteiger partial charge on any atom is -0.0619 e. The van der Waals surface area contributed by atoms with Gasteiger partial charge in [0.25, 0.3) is 0 Å². The molecule has 0 nitrogen and oxygen atoms in total. The molecule has 0 fully saturated rings. The smallest absolute Gasteiger partial charge is 0.0159 e. The molecule has 2 aliphatic carbocycles. The SMILES string of the molecule is CC1(C)c2ccccc2-c2ccc(-c3cccc4c(-c5ccc(-c6cc7c(c8ccccc68)CCCC7)cc5)cccc34)cc21. The van der Waals surface area contributed by atoms with Crippen molar-refractivity contribution in [3.63, 3.8) is 0 Å². The van der Waals surface area contributed by atoms with Gasteiger partial charge in [0, 0.05) is 5.41 Å². The highest BCUT2D eigenvalue weighted by Gasteiger charge is 2.35. The van der Waals surface area contributed by atoms with E-state index in [1.165, 1.54) is 103 Å².